The van der Waals surface area contributed by atoms with E-state index in [4.69, 9.17) is 9.47 Å². The quantitative estimate of drug-likeness (QED) is 0.418. The van der Waals surface area contributed by atoms with E-state index in [1.165, 1.54) is 18.4 Å². The Balaban J connectivity index is 1.85. The number of esters is 1. The fourth-order valence-corrected chi connectivity index (χ4v) is 4.77. The highest BCUT2D eigenvalue weighted by Gasteiger charge is 2.32. The molecule has 1 aromatic heterocycles. The SMILES string of the molecule is C=CCOc1ccc(/C=c2\sc3n(c2=O)C(c2ccc(C)cc2)C(C(=O)OC)=C(C)N=3)cc1. The summed E-state index contributed by atoms with van der Waals surface area (Å²) in [7, 11) is 1.34. The van der Waals surface area contributed by atoms with Gasteiger partial charge in [0.1, 0.15) is 12.4 Å². The van der Waals surface area contributed by atoms with Crippen LogP contribution in [-0.4, -0.2) is 24.3 Å². The summed E-state index contributed by atoms with van der Waals surface area (Å²) in [5, 5.41) is 0. The molecule has 1 unspecified atom stereocenters. The summed E-state index contributed by atoms with van der Waals surface area (Å²) in [4.78, 5) is 31.3. The third kappa shape index (κ3) is 4.45. The van der Waals surface area contributed by atoms with Gasteiger partial charge in [-0.2, -0.15) is 0 Å². The Morgan fingerprint density at radius 1 is 1.15 bits per heavy atom. The van der Waals surface area contributed by atoms with E-state index in [1.807, 2.05) is 61.5 Å². The Morgan fingerprint density at radius 2 is 1.85 bits per heavy atom. The Bertz CT molecular complexity index is 1410. The van der Waals surface area contributed by atoms with Gasteiger partial charge in [-0.15, -0.1) is 0 Å². The van der Waals surface area contributed by atoms with Gasteiger partial charge < -0.3 is 9.47 Å². The minimum absolute atomic E-state index is 0.204. The van der Waals surface area contributed by atoms with Gasteiger partial charge in [0.15, 0.2) is 4.80 Å². The third-order valence-electron chi connectivity index (χ3n) is 5.37. The predicted molar refractivity (Wildman–Crippen MR) is 129 cm³/mol. The van der Waals surface area contributed by atoms with Crippen molar-refractivity contribution in [2.75, 3.05) is 13.7 Å². The van der Waals surface area contributed by atoms with Crippen molar-refractivity contribution in [2.24, 2.45) is 4.99 Å². The maximum Gasteiger partial charge on any atom is 0.338 e. The molecule has 0 bridgehead atoms. The van der Waals surface area contributed by atoms with Crippen molar-refractivity contribution in [3.8, 4) is 5.75 Å². The van der Waals surface area contributed by atoms with Crippen molar-refractivity contribution >= 4 is 23.4 Å². The lowest BCUT2D eigenvalue weighted by Crippen LogP contribution is -2.39. The topological polar surface area (TPSA) is 69.9 Å². The standard InChI is InChI=1S/C26H24N2O4S/c1-5-14-32-20-12-8-18(9-13-20)15-21-24(29)28-23(19-10-6-16(2)7-11-19)22(25(30)31-4)17(3)27-26(28)33-21/h5-13,15,23H,1,14H2,2-4H3/b21-15-. The molecule has 1 atom stereocenters. The van der Waals surface area contributed by atoms with Crippen LogP contribution in [0.5, 0.6) is 5.75 Å². The molecule has 2 heterocycles. The average Bonchev–Trinajstić information content (AvgIpc) is 3.12. The van der Waals surface area contributed by atoms with Crippen LogP contribution in [0.15, 0.2) is 82.2 Å². The molecule has 0 saturated carbocycles. The predicted octanol–water partition coefficient (Wildman–Crippen LogP) is 3.28. The first kappa shape index (κ1) is 22.5. The summed E-state index contributed by atoms with van der Waals surface area (Å²) in [6.45, 7) is 7.83. The molecule has 0 spiro atoms. The first-order chi connectivity index (χ1) is 15.9. The van der Waals surface area contributed by atoms with Crippen LogP contribution in [-0.2, 0) is 9.53 Å². The molecule has 4 rings (SSSR count). The lowest BCUT2D eigenvalue weighted by atomic mass is 9.95. The number of carbonyl (C=O) groups is 1. The number of allylic oxidation sites excluding steroid dienone is 1. The van der Waals surface area contributed by atoms with Gasteiger partial charge in [-0.3, -0.25) is 9.36 Å². The Labute approximate surface area is 195 Å². The molecular formula is C26H24N2O4S. The highest BCUT2D eigenvalue weighted by Crippen LogP contribution is 2.30. The molecule has 0 saturated heterocycles. The van der Waals surface area contributed by atoms with Crippen LogP contribution in [0.25, 0.3) is 6.08 Å². The van der Waals surface area contributed by atoms with Crippen LogP contribution < -0.4 is 19.6 Å². The molecule has 3 aromatic rings. The van der Waals surface area contributed by atoms with E-state index in [-0.39, 0.29) is 5.56 Å². The Morgan fingerprint density at radius 3 is 2.48 bits per heavy atom. The second-order valence-electron chi connectivity index (χ2n) is 7.65. The van der Waals surface area contributed by atoms with Crippen LogP contribution in [0.1, 0.15) is 29.7 Å². The summed E-state index contributed by atoms with van der Waals surface area (Å²) in [6.07, 6.45) is 3.51. The van der Waals surface area contributed by atoms with Crippen LogP contribution >= 0.6 is 11.3 Å². The lowest BCUT2D eigenvalue weighted by Gasteiger charge is -2.24. The molecule has 1 aliphatic heterocycles. The molecule has 168 valence electrons. The zero-order chi connectivity index (χ0) is 23.5. The molecule has 0 N–H and O–H groups in total. The number of benzene rings is 2. The molecule has 7 heteroatoms. The van der Waals surface area contributed by atoms with Crippen LogP contribution in [0.3, 0.4) is 0 Å². The number of hydrogen-bond acceptors (Lipinski definition) is 6. The van der Waals surface area contributed by atoms with E-state index < -0.39 is 12.0 Å². The number of nitrogens with zero attached hydrogens (tertiary/aromatic N) is 2. The fraction of sp³-hybridized carbons (Fsp3) is 0.192. The Kier molecular flexibility index (Phi) is 6.42. The summed E-state index contributed by atoms with van der Waals surface area (Å²) in [6, 6.07) is 14.7. The van der Waals surface area contributed by atoms with Gasteiger partial charge in [-0.1, -0.05) is 66.0 Å². The average molecular weight is 461 g/mol. The molecule has 0 amide bonds. The summed E-state index contributed by atoms with van der Waals surface area (Å²) in [5.41, 5.74) is 3.49. The molecule has 2 aromatic carbocycles. The largest absolute Gasteiger partial charge is 0.490 e. The van der Waals surface area contributed by atoms with Gasteiger partial charge in [-0.05, 0) is 43.2 Å². The minimum atomic E-state index is -0.605. The van der Waals surface area contributed by atoms with Gasteiger partial charge in [0.25, 0.3) is 5.56 Å². The number of hydrogen-bond donors (Lipinski definition) is 0. The number of fused-ring (bicyclic) bond motifs is 1. The maximum absolute atomic E-state index is 13.5. The van der Waals surface area contributed by atoms with Crippen molar-refractivity contribution in [1.29, 1.82) is 0 Å². The molecule has 33 heavy (non-hydrogen) atoms. The lowest BCUT2D eigenvalue weighted by molar-refractivity contribution is -0.136. The van der Waals surface area contributed by atoms with Crippen LogP contribution in [0.2, 0.25) is 0 Å². The van der Waals surface area contributed by atoms with Crippen molar-refractivity contribution in [1.82, 2.24) is 4.57 Å². The smallest absolute Gasteiger partial charge is 0.338 e. The molecule has 1 aliphatic rings. The van der Waals surface area contributed by atoms with E-state index in [0.29, 0.717) is 27.2 Å². The van der Waals surface area contributed by atoms with Gasteiger partial charge in [0, 0.05) is 0 Å². The van der Waals surface area contributed by atoms with Crippen molar-refractivity contribution < 1.29 is 14.3 Å². The number of aromatic nitrogens is 1. The van der Waals surface area contributed by atoms with Crippen molar-refractivity contribution in [3.63, 3.8) is 0 Å². The molecular weight excluding hydrogens is 436 g/mol. The number of ether oxygens (including phenoxy) is 2. The van der Waals surface area contributed by atoms with Gasteiger partial charge in [-0.25, -0.2) is 9.79 Å². The van der Waals surface area contributed by atoms with Crippen LogP contribution in [0, 0.1) is 6.92 Å². The highest BCUT2D eigenvalue weighted by atomic mass is 32.1. The second-order valence-corrected chi connectivity index (χ2v) is 8.66. The van der Waals surface area contributed by atoms with Gasteiger partial charge in [0.05, 0.1) is 29.0 Å². The zero-order valence-corrected chi connectivity index (χ0v) is 19.5. The molecule has 6 nitrogen and oxygen atoms in total. The second kappa shape index (κ2) is 9.42. The van der Waals surface area contributed by atoms with E-state index >= 15 is 0 Å². The van der Waals surface area contributed by atoms with Gasteiger partial charge >= 0.3 is 5.97 Å². The van der Waals surface area contributed by atoms with Crippen LogP contribution in [0.4, 0.5) is 0 Å². The van der Waals surface area contributed by atoms with Crippen molar-refractivity contribution in [3.05, 3.63) is 109 Å². The first-order valence-corrected chi connectivity index (χ1v) is 11.3. The number of aryl methyl sites for hydroxylation is 1. The molecule has 0 fully saturated rings. The fourth-order valence-electron chi connectivity index (χ4n) is 3.72. The Hall–Kier alpha value is -3.71. The minimum Gasteiger partial charge on any atom is -0.490 e. The van der Waals surface area contributed by atoms with Crippen molar-refractivity contribution in [2.45, 2.75) is 19.9 Å². The summed E-state index contributed by atoms with van der Waals surface area (Å²) < 4.78 is 12.7. The van der Waals surface area contributed by atoms with E-state index in [1.54, 1.807) is 17.6 Å². The monoisotopic (exact) mass is 460 g/mol. The highest BCUT2D eigenvalue weighted by molar-refractivity contribution is 7.07. The maximum atomic E-state index is 13.5. The number of rotatable bonds is 6. The summed E-state index contributed by atoms with van der Waals surface area (Å²) in [5.74, 6) is 0.234. The number of methoxy groups -OCH3 is 1. The third-order valence-corrected chi connectivity index (χ3v) is 6.35. The number of carbonyl (C=O) groups excluding carboxylic acids is 1. The zero-order valence-electron chi connectivity index (χ0n) is 18.7. The van der Waals surface area contributed by atoms with E-state index in [0.717, 1.165) is 22.4 Å². The van der Waals surface area contributed by atoms with E-state index in [2.05, 4.69) is 11.6 Å². The van der Waals surface area contributed by atoms with Gasteiger partial charge in [0.2, 0.25) is 0 Å². The normalized spacial score (nSPS) is 15.6. The molecule has 0 aliphatic carbocycles. The first-order valence-electron chi connectivity index (χ1n) is 10.4. The number of thiazole rings is 1. The summed E-state index contributed by atoms with van der Waals surface area (Å²) >= 11 is 1.30. The molecule has 0 radical (unpaired) electrons. The van der Waals surface area contributed by atoms with E-state index in [9.17, 15) is 9.59 Å².